The van der Waals surface area contributed by atoms with E-state index in [1.165, 1.54) is 4.90 Å². The number of benzene rings is 2. The van der Waals surface area contributed by atoms with Crippen molar-refractivity contribution in [2.75, 3.05) is 18.1 Å². The number of anilines is 1. The highest BCUT2D eigenvalue weighted by Crippen LogP contribution is 2.43. The highest BCUT2D eigenvalue weighted by Gasteiger charge is 2.45. The van der Waals surface area contributed by atoms with Gasteiger partial charge in [-0.2, -0.15) is 0 Å². The summed E-state index contributed by atoms with van der Waals surface area (Å²) < 4.78 is 16.7. The number of amides is 1. The lowest BCUT2D eigenvalue weighted by molar-refractivity contribution is 0.0531. The van der Waals surface area contributed by atoms with E-state index in [2.05, 4.69) is 11.6 Å². The lowest BCUT2D eigenvalue weighted by Crippen LogP contribution is -2.29. The molecule has 36 heavy (non-hydrogen) atoms. The van der Waals surface area contributed by atoms with Crippen molar-refractivity contribution < 1.29 is 23.5 Å². The first-order valence-electron chi connectivity index (χ1n) is 11.3. The Hall–Kier alpha value is -4.24. The van der Waals surface area contributed by atoms with Crippen molar-refractivity contribution in [1.29, 1.82) is 0 Å². The zero-order chi connectivity index (χ0) is 25.4. The number of fused-ring (bicyclic) bond motifs is 2. The fourth-order valence-corrected chi connectivity index (χ4v) is 5.19. The maximum Gasteiger partial charge on any atom is 0.350 e. The zero-order valence-corrected chi connectivity index (χ0v) is 20.5. The van der Waals surface area contributed by atoms with Gasteiger partial charge in [0.25, 0.3) is 5.91 Å². The molecule has 8 nitrogen and oxygen atoms in total. The summed E-state index contributed by atoms with van der Waals surface area (Å²) in [5.41, 5.74) is 1.36. The van der Waals surface area contributed by atoms with E-state index in [9.17, 15) is 14.4 Å². The Bertz CT molecular complexity index is 1550. The first-order valence-corrected chi connectivity index (χ1v) is 12.1. The van der Waals surface area contributed by atoms with E-state index in [4.69, 9.17) is 13.9 Å². The molecule has 2 aromatic heterocycles. The van der Waals surface area contributed by atoms with Crippen molar-refractivity contribution in [3.05, 3.63) is 98.9 Å². The summed E-state index contributed by atoms with van der Waals surface area (Å²) in [4.78, 5) is 46.0. The van der Waals surface area contributed by atoms with E-state index in [0.717, 1.165) is 11.3 Å². The molecule has 1 atom stereocenters. The van der Waals surface area contributed by atoms with Crippen LogP contribution in [-0.2, 0) is 4.74 Å². The molecule has 0 spiro atoms. The Labute approximate surface area is 210 Å². The monoisotopic (exact) mass is 502 g/mol. The average molecular weight is 503 g/mol. The summed E-state index contributed by atoms with van der Waals surface area (Å²) in [6.45, 7) is 7.61. The number of rotatable bonds is 7. The lowest BCUT2D eigenvalue weighted by Gasteiger charge is -2.22. The zero-order valence-electron chi connectivity index (χ0n) is 19.6. The number of hydrogen-bond donors (Lipinski definition) is 0. The molecule has 1 unspecified atom stereocenters. The largest absolute Gasteiger partial charge is 0.490 e. The minimum atomic E-state index is -0.803. The highest BCUT2D eigenvalue weighted by molar-refractivity contribution is 7.17. The molecule has 0 N–H and O–H groups in total. The number of carbonyl (C=O) groups is 2. The van der Waals surface area contributed by atoms with Crippen molar-refractivity contribution in [1.82, 2.24) is 4.98 Å². The van der Waals surface area contributed by atoms with Gasteiger partial charge in [-0.3, -0.25) is 14.5 Å². The van der Waals surface area contributed by atoms with Gasteiger partial charge in [-0.05, 0) is 43.7 Å². The van der Waals surface area contributed by atoms with E-state index >= 15 is 0 Å². The van der Waals surface area contributed by atoms with Crippen LogP contribution < -0.4 is 15.1 Å². The maximum absolute atomic E-state index is 13.7. The summed E-state index contributed by atoms with van der Waals surface area (Å²) in [5.74, 6) is -0.437. The standard InChI is InChI=1S/C27H22N2O6S/c1-4-14-34-17-12-10-16(11-13-17)21-20-22(30)18-8-6-7-9-19(18)35-23(20)25(31)29(21)27-28-15(3)24(36-27)26(32)33-5-2/h4,6-13,21H,1,5,14H2,2-3H3. The molecule has 0 aliphatic carbocycles. The van der Waals surface area contributed by atoms with Gasteiger partial charge in [0.15, 0.2) is 10.6 Å². The Morgan fingerprint density at radius 3 is 2.67 bits per heavy atom. The second-order valence-electron chi connectivity index (χ2n) is 8.05. The number of aromatic nitrogens is 1. The highest BCUT2D eigenvalue weighted by atomic mass is 32.1. The number of aryl methyl sites for hydroxylation is 1. The van der Waals surface area contributed by atoms with Crippen LogP contribution >= 0.6 is 11.3 Å². The predicted octanol–water partition coefficient (Wildman–Crippen LogP) is 5.05. The fraction of sp³-hybridized carbons (Fsp3) is 0.185. The molecule has 0 radical (unpaired) electrons. The van der Waals surface area contributed by atoms with Crippen LogP contribution in [-0.4, -0.2) is 30.1 Å². The molecular weight excluding hydrogens is 480 g/mol. The van der Waals surface area contributed by atoms with Crippen LogP contribution in [0.15, 0.2) is 70.4 Å². The molecule has 5 rings (SSSR count). The van der Waals surface area contributed by atoms with Crippen LogP contribution in [0, 0.1) is 6.92 Å². The molecule has 4 aromatic rings. The summed E-state index contributed by atoms with van der Waals surface area (Å²) in [6.07, 6.45) is 1.64. The normalized spacial score (nSPS) is 14.7. The first-order chi connectivity index (χ1) is 17.4. The number of hydrogen-bond acceptors (Lipinski definition) is 8. The third-order valence-corrected chi connectivity index (χ3v) is 6.93. The van der Waals surface area contributed by atoms with Gasteiger partial charge in [-0.15, -0.1) is 0 Å². The SMILES string of the molecule is C=CCOc1ccc(C2c3c(oc4ccccc4c3=O)C(=O)N2c2nc(C)c(C(=O)OCC)s2)cc1. The van der Waals surface area contributed by atoms with Crippen molar-refractivity contribution in [3.63, 3.8) is 0 Å². The average Bonchev–Trinajstić information content (AvgIpc) is 3.41. The molecule has 1 aliphatic heterocycles. The second-order valence-corrected chi connectivity index (χ2v) is 9.03. The quantitative estimate of drug-likeness (QED) is 0.258. The Kier molecular flexibility index (Phi) is 6.15. The van der Waals surface area contributed by atoms with Crippen LogP contribution in [0.1, 0.15) is 50.0 Å². The molecule has 0 fully saturated rings. The summed E-state index contributed by atoms with van der Waals surface area (Å²) in [5, 5.41) is 0.650. The van der Waals surface area contributed by atoms with Gasteiger partial charge in [-0.1, -0.05) is 48.3 Å². The number of carbonyl (C=O) groups excluding carboxylic acids is 2. The molecule has 0 saturated carbocycles. The van der Waals surface area contributed by atoms with E-state index in [1.54, 1.807) is 68.5 Å². The lowest BCUT2D eigenvalue weighted by atomic mass is 9.98. The van der Waals surface area contributed by atoms with Gasteiger partial charge in [0.2, 0.25) is 5.76 Å². The van der Waals surface area contributed by atoms with E-state index < -0.39 is 17.9 Å². The number of ether oxygens (including phenoxy) is 2. The number of esters is 1. The third-order valence-electron chi connectivity index (χ3n) is 5.79. The van der Waals surface area contributed by atoms with Crippen LogP contribution in [0.2, 0.25) is 0 Å². The van der Waals surface area contributed by atoms with Gasteiger partial charge >= 0.3 is 5.97 Å². The molecule has 0 bridgehead atoms. The van der Waals surface area contributed by atoms with Crippen molar-refractivity contribution in [2.45, 2.75) is 19.9 Å². The van der Waals surface area contributed by atoms with Crippen molar-refractivity contribution in [3.8, 4) is 5.75 Å². The molecule has 9 heteroatoms. The summed E-state index contributed by atoms with van der Waals surface area (Å²) >= 11 is 1.04. The topological polar surface area (TPSA) is 98.9 Å². The third kappa shape index (κ3) is 3.87. The second kappa shape index (κ2) is 9.43. The molecule has 1 amide bonds. The van der Waals surface area contributed by atoms with E-state index in [0.29, 0.717) is 39.5 Å². The van der Waals surface area contributed by atoms with Gasteiger partial charge in [-0.25, -0.2) is 9.78 Å². The fourth-order valence-electron chi connectivity index (χ4n) is 4.21. The van der Waals surface area contributed by atoms with E-state index in [-0.39, 0.29) is 28.5 Å². The smallest absolute Gasteiger partial charge is 0.350 e. The Balaban J connectivity index is 1.69. The number of nitrogens with zero attached hydrogens (tertiary/aromatic N) is 2. The molecular formula is C27H22N2O6S. The summed E-state index contributed by atoms with van der Waals surface area (Å²) in [6, 6.07) is 13.1. The minimum absolute atomic E-state index is 0.0405. The Morgan fingerprint density at radius 1 is 1.19 bits per heavy atom. The summed E-state index contributed by atoms with van der Waals surface area (Å²) in [7, 11) is 0. The minimum Gasteiger partial charge on any atom is -0.490 e. The molecule has 0 saturated heterocycles. The van der Waals surface area contributed by atoms with E-state index in [1.807, 2.05) is 0 Å². The molecule has 2 aromatic carbocycles. The van der Waals surface area contributed by atoms with Gasteiger partial charge in [0.05, 0.1) is 29.3 Å². The maximum atomic E-state index is 13.7. The Morgan fingerprint density at radius 2 is 1.94 bits per heavy atom. The van der Waals surface area contributed by atoms with Gasteiger partial charge in [0.1, 0.15) is 22.8 Å². The van der Waals surface area contributed by atoms with Gasteiger partial charge < -0.3 is 13.9 Å². The van der Waals surface area contributed by atoms with Crippen LogP contribution in [0.3, 0.4) is 0 Å². The van der Waals surface area contributed by atoms with Crippen LogP contribution in [0.25, 0.3) is 11.0 Å². The van der Waals surface area contributed by atoms with Crippen LogP contribution in [0.4, 0.5) is 5.13 Å². The molecule has 3 heterocycles. The van der Waals surface area contributed by atoms with Crippen molar-refractivity contribution in [2.24, 2.45) is 0 Å². The van der Waals surface area contributed by atoms with Gasteiger partial charge in [0, 0.05) is 0 Å². The first kappa shape index (κ1) is 23.5. The molecule has 1 aliphatic rings. The van der Waals surface area contributed by atoms with Crippen LogP contribution in [0.5, 0.6) is 5.75 Å². The number of para-hydroxylation sites is 1. The molecule has 182 valence electrons. The predicted molar refractivity (Wildman–Crippen MR) is 136 cm³/mol. The van der Waals surface area contributed by atoms with Crippen molar-refractivity contribution >= 4 is 39.3 Å². The number of thiazole rings is 1.